The van der Waals surface area contributed by atoms with Crippen LogP contribution in [0.1, 0.15) is 44.0 Å². The van der Waals surface area contributed by atoms with Gasteiger partial charge in [-0.3, -0.25) is 4.79 Å². The van der Waals surface area contributed by atoms with Gasteiger partial charge in [-0.15, -0.1) is 11.3 Å². The average molecular weight is 686 g/mol. The SMILES string of the molecule is COc1ccc(S(=O)(=O)N(CC(C)C)C[C@@H](O)[C@H](Cc2ccccc2)NC(=O)C(C(C)C)N2CCN(Cc3csc(C)n3)C2=O)cc1. The molecule has 3 atom stereocenters. The van der Waals surface area contributed by atoms with Crippen molar-refractivity contribution in [3.63, 3.8) is 0 Å². The van der Waals surface area contributed by atoms with Crippen LogP contribution in [-0.4, -0.2) is 96.0 Å². The van der Waals surface area contributed by atoms with E-state index >= 15 is 0 Å². The normalized spacial score (nSPS) is 15.8. The molecular formula is C34H47N5O6S2. The van der Waals surface area contributed by atoms with Crippen molar-refractivity contribution >= 4 is 33.3 Å². The maximum absolute atomic E-state index is 14.0. The van der Waals surface area contributed by atoms with Gasteiger partial charge in [0.15, 0.2) is 0 Å². The number of benzene rings is 2. The number of amides is 3. The minimum Gasteiger partial charge on any atom is -0.497 e. The predicted molar refractivity (Wildman–Crippen MR) is 183 cm³/mol. The zero-order valence-corrected chi connectivity index (χ0v) is 29.6. The highest BCUT2D eigenvalue weighted by Gasteiger charge is 2.40. The van der Waals surface area contributed by atoms with Crippen molar-refractivity contribution in [2.45, 2.75) is 70.7 Å². The van der Waals surface area contributed by atoms with Crippen LogP contribution in [0.2, 0.25) is 0 Å². The molecule has 3 aromatic rings. The summed E-state index contributed by atoms with van der Waals surface area (Å²) in [5, 5.41) is 17.6. The monoisotopic (exact) mass is 685 g/mol. The summed E-state index contributed by atoms with van der Waals surface area (Å²) in [5.41, 5.74) is 1.68. The molecule has 1 aromatic heterocycles. The molecule has 11 nitrogen and oxygen atoms in total. The van der Waals surface area contributed by atoms with Crippen molar-refractivity contribution in [2.75, 3.05) is 33.3 Å². The maximum Gasteiger partial charge on any atom is 0.321 e. The number of urea groups is 1. The topological polar surface area (TPSA) is 132 Å². The fraction of sp³-hybridized carbons (Fsp3) is 0.500. The molecule has 0 radical (unpaired) electrons. The van der Waals surface area contributed by atoms with E-state index < -0.39 is 34.1 Å². The number of aliphatic hydroxyl groups excluding tert-OH is 1. The van der Waals surface area contributed by atoms with Crippen LogP contribution in [0.15, 0.2) is 64.9 Å². The molecule has 1 fully saturated rings. The zero-order valence-electron chi connectivity index (χ0n) is 28.0. The first-order chi connectivity index (χ1) is 22.3. The van der Waals surface area contributed by atoms with E-state index in [4.69, 9.17) is 4.74 Å². The lowest BCUT2D eigenvalue weighted by Gasteiger charge is -2.34. The second kappa shape index (κ2) is 16.1. The first-order valence-electron chi connectivity index (χ1n) is 15.9. The number of carbonyl (C=O) groups is 2. The van der Waals surface area contributed by atoms with Gasteiger partial charge in [0, 0.05) is 31.6 Å². The van der Waals surface area contributed by atoms with Gasteiger partial charge < -0.3 is 25.0 Å². The van der Waals surface area contributed by atoms with Crippen molar-refractivity contribution in [3.8, 4) is 5.75 Å². The van der Waals surface area contributed by atoms with Gasteiger partial charge in [0.05, 0.1) is 41.4 Å². The Morgan fingerprint density at radius 2 is 1.74 bits per heavy atom. The van der Waals surface area contributed by atoms with Crippen molar-refractivity contribution < 1.29 is 27.9 Å². The maximum atomic E-state index is 14.0. The Morgan fingerprint density at radius 3 is 2.32 bits per heavy atom. The van der Waals surface area contributed by atoms with E-state index in [1.165, 1.54) is 34.9 Å². The molecule has 4 rings (SSSR count). The van der Waals surface area contributed by atoms with Gasteiger partial charge in [-0.1, -0.05) is 58.0 Å². The minimum absolute atomic E-state index is 0.0278. The minimum atomic E-state index is -3.99. The second-order valence-electron chi connectivity index (χ2n) is 12.7. The molecule has 2 aromatic carbocycles. The molecule has 1 aliphatic heterocycles. The number of sulfonamides is 1. The highest BCUT2D eigenvalue weighted by molar-refractivity contribution is 7.89. The number of aromatic nitrogens is 1. The molecule has 2 N–H and O–H groups in total. The van der Waals surface area contributed by atoms with Crippen LogP contribution in [0, 0.1) is 18.8 Å². The molecule has 0 spiro atoms. The fourth-order valence-electron chi connectivity index (χ4n) is 5.82. The van der Waals surface area contributed by atoms with Crippen LogP contribution in [-0.2, 0) is 27.8 Å². The van der Waals surface area contributed by atoms with Gasteiger partial charge in [-0.2, -0.15) is 4.31 Å². The largest absolute Gasteiger partial charge is 0.497 e. The smallest absolute Gasteiger partial charge is 0.321 e. The molecule has 0 saturated carbocycles. The van der Waals surface area contributed by atoms with Gasteiger partial charge >= 0.3 is 6.03 Å². The van der Waals surface area contributed by atoms with Gasteiger partial charge in [0.25, 0.3) is 0 Å². The highest BCUT2D eigenvalue weighted by Crippen LogP contribution is 2.24. The van der Waals surface area contributed by atoms with E-state index in [9.17, 15) is 23.1 Å². The molecule has 1 saturated heterocycles. The van der Waals surface area contributed by atoms with Gasteiger partial charge in [-0.05, 0) is 55.0 Å². The fourth-order valence-corrected chi connectivity index (χ4v) is 8.04. The molecular weight excluding hydrogens is 639 g/mol. The van der Waals surface area contributed by atoms with Crippen molar-refractivity contribution in [1.29, 1.82) is 0 Å². The number of aryl methyl sites for hydroxylation is 1. The number of ether oxygens (including phenoxy) is 1. The first kappa shape index (κ1) is 36.3. The Hall–Kier alpha value is -3.52. The molecule has 256 valence electrons. The summed E-state index contributed by atoms with van der Waals surface area (Å²) < 4.78 is 34.1. The first-order valence-corrected chi connectivity index (χ1v) is 18.2. The quantitative estimate of drug-likeness (QED) is 0.232. The molecule has 0 aliphatic carbocycles. The molecule has 2 heterocycles. The van der Waals surface area contributed by atoms with Crippen LogP contribution in [0.4, 0.5) is 4.79 Å². The number of aliphatic hydroxyl groups is 1. The number of nitrogens with one attached hydrogen (secondary N) is 1. The summed E-state index contributed by atoms with van der Waals surface area (Å²) >= 11 is 1.53. The number of carbonyl (C=O) groups excluding carboxylic acids is 2. The summed E-state index contributed by atoms with van der Waals surface area (Å²) in [4.78, 5) is 35.4. The number of hydrogen-bond acceptors (Lipinski definition) is 8. The standard InChI is InChI=1S/C34H47N5O6S2/c1-23(2)19-38(47(43,44)29-14-12-28(45-6)13-15-29)21-31(40)30(18-26-10-8-7-9-11-26)36-33(41)32(24(3)4)39-17-16-37(34(39)42)20-27-22-46-25(5)35-27/h7-15,22-24,30-32,40H,16-21H2,1-6H3,(H,36,41)/t30-,31+,32?/m0/s1. The van der Waals surface area contributed by atoms with Crippen LogP contribution in [0.3, 0.4) is 0 Å². The van der Waals surface area contributed by atoms with E-state index in [-0.39, 0.29) is 42.3 Å². The lowest BCUT2D eigenvalue weighted by Crippen LogP contribution is -2.57. The third-order valence-electron chi connectivity index (χ3n) is 8.13. The van der Waals surface area contributed by atoms with Crippen LogP contribution in [0.5, 0.6) is 5.75 Å². The van der Waals surface area contributed by atoms with E-state index in [1.54, 1.807) is 21.9 Å². The molecule has 0 bridgehead atoms. The van der Waals surface area contributed by atoms with Crippen LogP contribution >= 0.6 is 11.3 Å². The molecule has 13 heteroatoms. The van der Waals surface area contributed by atoms with E-state index in [0.717, 1.165) is 16.3 Å². The van der Waals surface area contributed by atoms with Crippen molar-refractivity contribution in [3.05, 3.63) is 76.2 Å². The Labute approximate surface area is 282 Å². The van der Waals surface area contributed by atoms with Gasteiger partial charge in [0.1, 0.15) is 11.8 Å². The summed E-state index contributed by atoms with van der Waals surface area (Å²) in [7, 11) is -2.48. The Kier molecular flexibility index (Phi) is 12.4. The third-order valence-corrected chi connectivity index (χ3v) is 10.8. The van der Waals surface area contributed by atoms with E-state index in [0.29, 0.717) is 25.4 Å². The second-order valence-corrected chi connectivity index (χ2v) is 15.7. The van der Waals surface area contributed by atoms with Gasteiger partial charge in [-0.25, -0.2) is 18.2 Å². The summed E-state index contributed by atoms with van der Waals surface area (Å²) in [5.74, 6) is -0.112. The van der Waals surface area contributed by atoms with Crippen LogP contribution < -0.4 is 10.1 Å². The lowest BCUT2D eigenvalue weighted by molar-refractivity contribution is -0.128. The van der Waals surface area contributed by atoms with Crippen molar-refractivity contribution in [1.82, 2.24) is 24.4 Å². The van der Waals surface area contributed by atoms with Gasteiger partial charge in [0.2, 0.25) is 15.9 Å². The Balaban J connectivity index is 1.56. The number of rotatable bonds is 16. The highest BCUT2D eigenvalue weighted by atomic mass is 32.2. The molecule has 3 amide bonds. The number of hydrogen-bond donors (Lipinski definition) is 2. The zero-order chi connectivity index (χ0) is 34.3. The molecule has 47 heavy (non-hydrogen) atoms. The molecule has 1 unspecified atom stereocenters. The summed E-state index contributed by atoms with van der Waals surface area (Å²) in [6.07, 6.45) is -0.989. The van der Waals surface area contributed by atoms with E-state index in [2.05, 4.69) is 10.3 Å². The van der Waals surface area contributed by atoms with E-state index in [1.807, 2.05) is 70.3 Å². The van der Waals surface area contributed by atoms with Crippen LogP contribution in [0.25, 0.3) is 0 Å². The predicted octanol–water partition coefficient (Wildman–Crippen LogP) is 4.16. The molecule has 1 aliphatic rings. The van der Waals surface area contributed by atoms with Crippen molar-refractivity contribution in [2.24, 2.45) is 11.8 Å². The summed E-state index contributed by atoms with van der Waals surface area (Å²) in [6, 6.07) is 13.7. The number of methoxy groups -OCH3 is 1. The third kappa shape index (κ3) is 9.31. The number of thiazole rings is 1. The Morgan fingerprint density at radius 1 is 1.06 bits per heavy atom. The lowest BCUT2D eigenvalue weighted by atomic mass is 9.97. The average Bonchev–Trinajstić information content (AvgIpc) is 3.61. The summed E-state index contributed by atoms with van der Waals surface area (Å²) in [6.45, 7) is 10.7. The number of nitrogens with zero attached hydrogens (tertiary/aromatic N) is 4. The Bertz CT molecular complexity index is 1580.